The van der Waals surface area contributed by atoms with Gasteiger partial charge in [0.25, 0.3) is 0 Å². The Balaban J connectivity index is -0.000000260. The molecule has 0 saturated heterocycles. The predicted octanol–water partition coefficient (Wildman–Crippen LogP) is 11.8. The summed E-state index contributed by atoms with van der Waals surface area (Å²) in [4.78, 5) is 0. The van der Waals surface area contributed by atoms with E-state index in [4.69, 9.17) is 0 Å². The third kappa shape index (κ3) is 25.5. The van der Waals surface area contributed by atoms with Crippen LogP contribution in [0.15, 0.2) is 30.3 Å². The fraction of sp³-hybridized carbons (Fsp3) is 0.824. The summed E-state index contributed by atoms with van der Waals surface area (Å²) >= 11 is 0. The molecule has 41 heavy (non-hydrogen) atoms. The third-order valence-corrected chi connectivity index (χ3v) is 24.6. The summed E-state index contributed by atoms with van der Waals surface area (Å²) in [7, 11) is 3.63. The van der Waals surface area contributed by atoms with Gasteiger partial charge < -0.3 is 14.5 Å². The first kappa shape index (κ1) is 50.6. The van der Waals surface area contributed by atoms with Crippen molar-refractivity contribution in [2.75, 3.05) is 24.6 Å². The van der Waals surface area contributed by atoms with E-state index in [9.17, 15) is 0 Å². The maximum Gasteiger partial charge on any atom is 0.0910 e. The SMILES string of the molecule is CC(C)[PH+](CC[PH+](C(C)C)C(C)C)C(C)C.CC(C)[PH+](CC[PH+](C(C)C)C(C)C)C(C)C.[P-2]c1ccccc1.[Pt].[Pt]. The molecule has 0 fully saturated rings. The molecule has 1 aromatic rings. The van der Waals surface area contributed by atoms with E-state index in [2.05, 4.69) is 120 Å². The third-order valence-electron chi connectivity index (χ3n) is 8.09. The van der Waals surface area contributed by atoms with Gasteiger partial charge in [-0.3, -0.25) is 0 Å². The van der Waals surface area contributed by atoms with Crippen LogP contribution in [0, 0.1) is 0 Å². The van der Waals surface area contributed by atoms with Gasteiger partial charge in [-0.1, -0.05) is 18.2 Å². The Labute approximate surface area is 297 Å². The standard InChI is InChI=1S/2C14H32P2.C6H5P.2Pt/c2*1-11(2)15(12(3)4)9-10-16(13(5)6)14(7)8;7-6-4-2-1-3-5-6;;/h2*11-14H,9-10H2,1-8H3;1-5H;;/q;;-2;;/p+4. The Morgan fingerprint density at radius 1 is 0.390 bits per heavy atom. The van der Waals surface area contributed by atoms with Crippen LogP contribution in [0.5, 0.6) is 0 Å². The minimum atomic E-state index is -0.114. The van der Waals surface area contributed by atoms with Crippen molar-refractivity contribution in [2.45, 2.75) is 156 Å². The van der Waals surface area contributed by atoms with Crippen LogP contribution >= 0.6 is 40.9 Å². The second kappa shape index (κ2) is 28.9. The molecule has 0 aliphatic heterocycles. The Bertz CT molecular complexity index is 567. The van der Waals surface area contributed by atoms with Crippen molar-refractivity contribution in [3.05, 3.63) is 30.3 Å². The van der Waals surface area contributed by atoms with Crippen molar-refractivity contribution in [2.24, 2.45) is 0 Å². The van der Waals surface area contributed by atoms with Gasteiger partial charge in [0.15, 0.2) is 0 Å². The van der Waals surface area contributed by atoms with Crippen LogP contribution in [-0.2, 0) is 42.1 Å². The van der Waals surface area contributed by atoms with Crippen molar-refractivity contribution in [1.82, 2.24) is 0 Å². The van der Waals surface area contributed by atoms with Gasteiger partial charge in [-0.2, -0.15) is 0 Å². The molecule has 0 unspecified atom stereocenters. The predicted molar refractivity (Wildman–Crippen MR) is 207 cm³/mol. The van der Waals surface area contributed by atoms with Crippen LogP contribution in [0.1, 0.15) is 111 Å². The summed E-state index contributed by atoms with van der Waals surface area (Å²) in [5.41, 5.74) is 7.61. The van der Waals surface area contributed by atoms with E-state index in [0.29, 0.717) is 0 Å². The topological polar surface area (TPSA) is 0 Å². The van der Waals surface area contributed by atoms with Gasteiger partial charge in [-0.25, -0.2) is 0 Å². The second-order valence-electron chi connectivity index (χ2n) is 13.9. The van der Waals surface area contributed by atoms with E-state index in [1.165, 1.54) is 0 Å². The number of hydrogen-bond acceptors (Lipinski definition) is 0. The largest absolute Gasteiger partial charge is 1.45 e. The van der Waals surface area contributed by atoms with Crippen LogP contribution < -0.4 is 5.30 Å². The van der Waals surface area contributed by atoms with Crippen LogP contribution in [0.2, 0.25) is 0 Å². The minimum Gasteiger partial charge on any atom is -1.45 e. The molecule has 0 heterocycles. The maximum absolute atomic E-state index is 4.08. The minimum absolute atomic E-state index is 0. The summed E-state index contributed by atoms with van der Waals surface area (Å²) < 4.78 is 0. The first-order valence-electron chi connectivity index (χ1n) is 16.1. The van der Waals surface area contributed by atoms with E-state index in [-0.39, 0.29) is 73.8 Å². The van der Waals surface area contributed by atoms with Gasteiger partial charge in [-0.05, 0) is 111 Å². The average molecular weight is 1030 g/mol. The fourth-order valence-electron chi connectivity index (χ4n) is 5.98. The molecular formula is C34H73P5Pt2+2. The zero-order valence-corrected chi connectivity index (χ0v) is 39.4. The molecule has 0 amide bonds. The number of hydrogen-bond donors (Lipinski definition) is 0. The van der Waals surface area contributed by atoms with Crippen molar-refractivity contribution in [3.8, 4) is 0 Å². The molecule has 1 aromatic carbocycles. The van der Waals surface area contributed by atoms with Crippen molar-refractivity contribution < 1.29 is 42.1 Å². The van der Waals surface area contributed by atoms with Gasteiger partial charge in [0.2, 0.25) is 0 Å². The van der Waals surface area contributed by atoms with E-state index in [1.807, 2.05) is 30.3 Å². The maximum atomic E-state index is 4.08. The number of rotatable bonds is 14. The van der Waals surface area contributed by atoms with Crippen molar-refractivity contribution >= 4 is 46.2 Å². The van der Waals surface area contributed by atoms with Crippen LogP contribution in [0.4, 0.5) is 0 Å². The Morgan fingerprint density at radius 2 is 0.561 bits per heavy atom. The van der Waals surface area contributed by atoms with Crippen LogP contribution in [-0.4, -0.2) is 69.9 Å². The Kier molecular flexibility index (Phi) is 35.7. The quantitative estimate of drug-likeness (QED) is 0.163. The molecule has 0 nitrogen and oxygen atoms in total. The molecule has 0 aliphatic rings. The molecule has 252 valence electrons. The van der Waals surface area contributed by atoms with Crippen LogP contribution in [0.3, 0.4) is 0 Å². The summed E-state index contributed by atoms with van der Waals surface area (Å²) in [6, 6.07) is 9.79. The zero-order valence-electron chi connectivity index (χ0n) is 29.9. The summed E-state index contributed by atoms with van der Waals surface area (Å²) in [5, 5.41) is 1.02. The molecule has 0 atom stereocenters. The van der Waals surface area contributed by atoms with E-state index in [1.54, 1.807) is 24.6 Å². The molecule has 0 saturated carbocycles. The van der Waals surface area contributed by atoms with E-state index >= 15 is 0 Å². The first-order valence-corrected chi connectivity index (χ1v) is 24.0. The molecule has 0 bridgehead atoms. The summed E-state index contributed by atoms with van der Waals surface area (Å²) in [5.74, 6) is 0. The number of benzene rings is 1. The summed E-state index contributed by atoms with van der Waals surface area (Å²) in [6.07, 6.45) is 6.24. The monoisotopic (exact) mass is 1030 g/mol. The second-order valence-corrected chi connectivity index (χ2v) is 30.2. The Morgan fingerprint density at radius 3 is 0.659 bits per heavy atom. The van der Waals surface area contributed by atoms with Gasteiger partial charge >= 0.3 is 0 Å². The fourth-order valence-corrected chi connectivity index (χ4v) is 20.7. The first-order chi connectivity index (χ1) is 17.9. The zero-order chi connectivity index (χ0) is 30.9. The molecule has 0 radical (unpaired) electrons. The summed E-state index contributed by atoms with van der Waals surface area (Å²) in [6.45, 7) is 39.0. The normalized spacial score (nSPS) is 11.7. The smallest absolute Gasteiger partial charge is 0.0910 e. The molecule has 0 spiro atoms. The van der Waals surface area contributed by atoms with Gasteiger partial charge in [0, 0.05) is 73.8 Å². The van der Waals surface area contributed by atoms with Gasteiger partial charge in [0.1, 0.15) is 0 Å². The molecule has 0 aliphatic carbocycles. The molecule has 0 N–H and O–H groups in total. The van der Waals surface area contributed by atoms with Crippen molar-refractivity contribution in [1.29, 1.82) is 0 Å². The van der Waals surface area contributed by atoms with E-state index in [0.717, 1.165) is 50.6 Å². The van der Waals surface area contributed by atoms with E-state index < -0.39 is 0 Å². The molecular weight excluding hydrogens is 953 g/mol. The molecule has 7 heteroatoms. The van der Waals surface area contributed by atoms with Crippen molar-refractivity contribution in [3.63, 3.8) is 0 Å². The van der Waals surface area contributed by atoms with Gasteiger partial charge in [-0.15, -0.1) is 12.1 Å². The molecule has 1 rings (SSSR count). The molecule has 0 aromatic heterocycles. The average Bonchev–Trinajstić information content (AvgIpc) is 2.78. The van der Waals surface area contributed by atoms with Gasteiger partial charge in [0.05, 0.1) is 69.9 Å². The van der Waals surface area contributed by atoms with Crippen LogP contribution in [0.25, 0.3) is 0 Å². The Hall–Kier alpha value is 2.75.